The highest BCUT2D eigenvalue weighted by Gasteiger charge is 2.42. The molecule has 1 amide bonds. The van der Waals surface area contributed by atoms with Crippen molar-refractivity contribution in [2.45, 2.75) is 38.6 Å². The van der Waals surface area contributed by atoms with Gasteiger partial charge in [-0.3, -0.25) is 9.59 Å². The molecule has 34 heavy (non-hydrogen) atoms. The molecule has 4 rings (SSSR count). The second-order valence-corrected chi connectivity index (χ2v) is 8.38. The lowest BCUT2D eigenvalue weighted by molar-refractivity contribution is 0.0663. The molecule has 0 aliphatic carbocycles. The van der Waals surface area contributed by atoms with E-state index in [0.717, 1.165) is 18.4 Å². The summed E-state index contributed by atoms with van der Waals surface area (Å²) in [5.74, 6) is 0.960. The number of methoxy groups -OCH3 is 2. The molecular weight excluding hydrogens is 434 g/mol. The molecule has 0 N–H and O–H groups in total. The molecule has 180 valence electrons. The molecule has 1 aromatic heterocycles. The number of rotatable bonds is 11. The maximum absolute atomic E-state index is 13.5. The second-order valence-electron chi connectivity index (χ2n) is 8.38. The van der Waals surface area contributed by atoms with E-state index in [1.807, 2.05) is 18.2 Å². The Kier molecular flexibility index (Phi) is 7.53. The summed E-state index contributed by atoms with van der Waals surface area (Å²) in [6.07, 6.45) is 4.45. The van der Waals surface area contributed by atoms with Crippen molar-refractivity contribution >= 4 is 16.9 Å². The lowest BCUT2D eigenvalue weighted by atomic mass is 9.98. The Hall–Kier alpha value is -3.32. The maximum Gasteiger partial charge on any atom is 0.290 e. The van der Waals surface area contributed by atoms with Crippen molar-refractivity contribution in [3.8, 4) is 11.5 Å². The SMILES string of the molecule is CCCCCCOc1ccc(C2c3c(oc4ccccc4c3=O)C(=O)N2CCOC)cc1OC. The van der Waals surface area contributed by atoms with E-state index in [9.17, 15) is 9.59 Å². The number of nitrogens with zero attached hydrogens (tertiary/aromatic N) is 1. The fourth-order valence-corrected chi connectivity index (χ4v) is 4.42. The molecule has 7 heteroatoms. The summed E-state index contributed by atoms with van der Waals surface area (Å²) in [5, 5.41) is 0.451. The van der Waals surface area contributed by atoms with Crippen LogP contribution in [0.1, 0.15) is 60.3 Å². The molecule has 0 saturated carbocycles. The summed E-state index contributed by atoms with van der Waals surface area (Å²) in [6, 6.07) is 11.9. The molecule has 0 saturated heterocycles. The van der Waals surface area contributed by atoms with E-state index in [0.29, 0.717) is 47.8 Å². The van der Waals surface area contributed by atoms with E-state index < -0.39 is 6.04 Å². The van der Waals surface area contributed by atoms with Crippen LogP contribution in [0, 0.1) is 0 Å². The van der Waals surface area contributed by atoms with E-state index in [1.54, 1.807) is 43.4 Å². The Morgan fingerprint density at radius 1 is 0.971 bits per heavy atom. The van der Waals surface area contributed by atoms with Crippen molar-refractivity contribution in [3.63, 3.8) is 0 Å². The zero-order chi connectivity index (χ0) is 24.1. The van der Waals surface area contributed by atoms with Crippen LogP contribution >= 0.6 is 0 Å². The van der Waals surface area contributed by atoms with Gasteiger partial charge in [0.05, 0.1) is 37.3 Å². The van der Waals surface area contributed by atoms with Gasteiger partial charge in [-0.1, -0.05) is 44.4 Å². The second kappa shape index (κ2) is 10.7. The van der Waals surface area contributed by atoms with Crippen molar-refractivity contribution in [3.05, 3.63) is 69.6 Å². The Morgan fingerprint density at radius 3 is 2.56 bits per heavy atom. The minimum Gasteiger partial charge on any atom is -0.493 e. The van der Waals surface area contributed by atoms with Crippen molar-refractivity contribution in [2.75, 3.05) is 34.0 Å². The highest BCUT2D eigenvalue weighted by atomic mass is 16.5. The highest BCUT2D eigenvalue weighted by Crippen LogP contribution is 2.40. The van der Waals surface area contributed by atoms with E-state index in [4.69, 9.17) is 18.6 Å². The van der Waals surface area contributed by atoms with Gasteiger partial charge in [-0.15, -0.1) is 0 Å². The third kappa shape index (κ3) is 4.53. The Morgan fingerprint density at radius 2 is 1.79 bits per heavy atom. The van der Waals surface area contributed by atoms with Crippen LogP contribution in [0.3, 0.4) is 0 Å². The molecule has 2 heterocycles. The van der Waals surface area contributed by atoms with Crippen molar-refractivity contribution in [2.24, 2.45) is 0 Å². The monoisotopic (exact) mass is 465 g/mol. The van der Waals surface area contributed by atoms with Gasteiger partial charge >= 0.3 is 0 Å². The quantitative estimate of drug-likeness (QED) is 0.373. The topological polar surface area (TPSA) is 78.2 Å². The van der Waals surface area contributed by atoms with Gasteiger partial charge in [0.25, 0.3) is 5.91 Å². The number of hydrogen-bond acceptors (Lipinski definition) is 6. The van der Waals surface area contributed by atoms with E-state index in [2.05, 4.69) is 6.92 Å². The van der Waals surface area contributed by atoms with Crippen LogP contribution in [0.4, 0.5) is 0 Å². The number of fused-ring (bicyclic) bond motifs is 2. The number of carbonyl (C=O) groups excluding carboxylic acids is 1. The summed E-state index contributed by atoms with van der Waals surface area (Å²) in [7, 11) is 3.16. The first-order valence-electron chi connectivity index (χ1n) is 11.8. The van der Waals surface area contributed by atoms with Crippen LogP contribution in [0.25, 0.3) is 11.0 Å². The third-order valence-electron chi connectivity index (χ3n) is 6.17. The molecule has 1 aliphatic heterocycles. The van der Waals surface area contributed by atoms with E-state index >= 15 is 0 Å². The Balaban J connectivity index is 1.74. The molecule has 1 unspecified atom stereocenters. The molecule has 0 spiro atoms. The van der Waals surface area contributed by atoms with Gasteiger partial charge in [-0.2, -0.15) is 0 Å². The predicted octanol–water partition coefficient (Wildman–Crippen LogP) is 4.95. The summed E-state index contributed by atoms with van der Waals surface area (Å²) >= 11 is 0. The molecule has 0 fully saturated rings. The predicted molar refractivity (Wildman–Crippen MR) is 130 cm³/mol. The summed E-state index contributed by atoms with van der Waals surface area (Å²) in [6.45, 7) is 3.43. The highest BCUT2D eigenvalue weighted by molar-refractivity contribution is 5.99. The molecule has 0 radical (unpaired) electrons. The van der Waals surface area contributed by atoms with Crippen LogP contribution < -0.4 is 14.9 Å². The average Bonchev–Trinajstić information content (AvgIpc) is 3.14. The van der Waals surface area contributed by atoms with Gasteiger partial charge in [-0.25, -0.2) is 0 Å². The molecule has 7 nitrogen and oxygen atoms in total. The number of para-hydroxylation sites is 1. The van der Waals surface area contributed by atoms with Gasteiger partial charge < -0.3 is 23.5 Å². The first kappa shape index (κ1) is 23.8. The van der Waals surface area contributed by atoms with Gasteiger partial charge in [0.1, 0.15) is 5.58 Å². The maximum atomic E-state index is 13.5. The van der Waals surface area contributed by atoms with Crippen LogP contribution in [0.2, 0.25) is 0 Å². The molecule has 2 aromatic carbocycles. The summed E-state index contributed by atoms with van der Waals surface area (Å²) < 4.78 is 22.7. The van der Waals surface area contributed by atoms with Crippen LogP contribution in [-0.2, 0) is 4.74 Å². The number of hydrogen-bond donors (Lipinski definition) is 0. The van der Waals surface area contributed by atoms with Crippen molar-refractivity contribution in [1.82, 2.24) is 4.90 Å². The summed E-state index contributed by atoms with van der Waals surface area (Å²) in [4.78, 5) is 28.4. The third-order valence-corrected chi connectivity index (χ3v) is 6.17. The average molecular weight is 466 g/mol. The van der Waals surface area contributed by atoms with Gasteiger partial charge in [0.2, 0.25) is 5.76 Å². The lowest BCUT2D eigenvalue weighted by Crippen LogP contribution is -2.32. The zero-order valence-corrected chi connectivity index (χ0v) is 20.0. The van der Waals surface area contributed by atoms with E-state index in [-0.39, 0.29) is 17.1 Å². The number of unbranched alkanes of at least 4 members (excludes halogenated alkanes) is 3. The lowest BCUT2D eigenvalue weighted by Gasteiger charge is -2.25. The minimum absolute atomic E-state index is 0.0834. The van der Waals surface area contributed by atoms with Crippen LogP contribution in [-0.4, -0.2) is 44.8 Å². The normalized spacial score (nSPS) is 15.1. The fraction of sp³-hybridized carbons (Fsp3) is 0.407. The zero-order valence-electron chi connectivity index (χ0n) is 20.0. The van der Waals surface area contributed by atoms with Crippen molar-refractivity contribution in [1.29, 1.82) is 0 Å². The number of amides is 1. The molecular formula is C27H31NO6. The standard InChI is InChI=1S/C27H31NO6/c1-4-5-6-9-15-33-21-13-12-18(17-22(21)32-3)24-23-25(29)19-10-7-8-11-20(19)34-26(23)27(30)28(24)14-16-31-2/h7-8,10-13,17,24H,4-6,9,14-16H2,1-3H3. The number of benzene rings is 2. The minimum atomic E-state index is -0.606. The Bertz CT molecular complexity index is 1220. The number of ether oxygens (including phenoxy) is 3. The fourth-order valence-electron chi connectivity index (χ4n) is 4.42. The summed E-state index contributed by atoms with van der Waals surface area (Å²) in [5.41, 5.74) is 1.29. The van der Waals surface area contributed by atoms with Crippen molar-refractivity contribution < 1.29 is 23.4 Å². The Labute approximate surface area is 199 Å². The number of carbonyl (C=O) groups is 1. The van der Waals surface area contributed by atoms with Gasteiger partial charge in [0, 0.05) is 13.7 Å². The van der Waals surface area contributed by atoms with Crippen LogP contribution in [0.5, 0.6) is 11.5 Å². The molecule has 1 atom stereocenters. The smallest absolute Gasteiger partial charge is 0.290 e. The first-order chi connectivity index (χ1) is 16.6. The first-order valence-corrected chi connectivity index (χ1v) is 11.8. The molecule has 0 bridgehead atoms. The van der Waals surface area contributed by atoms with Gasteiger partial charge in [0.15, 0.2) is 16.9 Å². The molecule has 1 aliphatic rings. The largest absolute Gasteiger partial charge is 0.493 e. The van der Waals surface area contributed by atoms with Gasteiger partial charge in [-0.05, 0) is 36.2 Å². The van der Waals surface area contributed by atoms with Crippen LogP contribution in [0.15, 0.2) is 51.7 Å². The van der Waals surface area contributed by atoms with E-state index in [1.165, 1.54) is 12.8 Å². The molecule has 3 aromatic rings.